The highest BCUT2D eigenvalue weighted by atomic mass is 16.5. The Morgan fingerprint density at radius 1 is 0.915 bits per heavy atom. The Balaban J connectivity index is 1.25. The number of aliphatic hydroxyl groups is 2. The van der Waals surface area contributed by atoms with Crippen molar-refractivity contribution in [2.75, 3.05) is 26.9 Å². The van der Waals surface area contributed by atoms with Gasteiger partial charge in [0, 0.05) is 42.3 Å². The third-order valence-electron chi connectivity index (χ3n) is 13.7. The monoisotopic (exact) mass is 801 g/mol. The second-order valence-corrected chi connectivity index (χ2v) is 17.0. The number of aryl methyl sites for hydroxylation is 1. The zero-order chi connectivity index (χ0) is 41.1. The van der Waals surface area contributed by atoms with Crippen molar-refractivity contribution in [1.82, 2.24) is 4.98 Å². The maximum absolute atomic E-state index is 14.7. The van der Waals surface area contributed by atoms with Crippen molar-refractivity contribution in [2.24, 2.45) is 23.2 Å². The lowest BCUT2D eigenvalue weighted by molar-refractivity contribution is -0.149. The fraction of sp³-hybridized carbons (Fsp3) is 0.469. The molecule has 2 saturated carbocycles. The number of aromatic nitrogens is 1. The summed E-state index contributed by atoms with van der Waals surface area (Å²) in [6.45, 7) is -0.0445. The van der Waals surface area contributed by atoms with Crippen LogP contribution in [-0.2, 0) is 27.2 Å². The molecular weight excluding hydrogens is 747 g/mol. The second kappa shape index (κ2) is 17.5. The minimum atomic E-state index is -0.722. The summed E-state index contributed by atoms with van der Waals surface area (Å²) in [5, 5.41) is 42.4. The van der Waals surface area contributed by atoms with Crippen LogP contribution in [0.15, 0.2) is 60.7 Å². The van der Waals surface area contributed by atoms with Gasteiger partial charge in [0.1, 0.15) is 24.9 Å². The Kier molecular flexibility index (Phi) is 12.1. The fourth-order valence-electron chi connectivity index (χ4n) is 11.0. The van der Waals surface area contributed by atoms with Crippen LogP contribution in [0, 0.1) is 35.0 Å². The first-order chi connectivity index (χ1) is 28.7. The molecule has 10 nitrogen and oxygen atoms in total. The summed E-state index contributed by atoms with van der Waals surface area (Å²) in [6, 6.07) is 16.9. The quantitative estimate of drug-likeness (QED) is 0.0838. The van der Waals surface area contributed by atoms with Crippen LogP contribution in [0.5, 0.6) is 23.0 Å². The molecule has 5 atom stereocenters. The molecule has 10 heteroatoms. The van der Waals surface area contributed by atoms with E-state index >= 15 is 0 Å². The number of rotatable bonds is 9. The maximum atomic E-state index is 14.7. The number of ether oxygens (including phenoxy) is 3. The van der Waals surface area contributed by atoms with Gasteiger partial charge >= 0.3 is 5.97 Å². The van der Waals surface area contributed by atoms with Crippen LogP contribution < -0.4 is 9.47 Å². The Bertz CT molecular complexity index is 2290. The third-order valence-corrected chi connectivity index (χ3v) is 13.7. The van der Waals surface area contributed by atoms with Crippen molar-refractivity contribution < 1.29 is 44.2 Å². The lowest BCUT2D eigenvalue weighted by Gasteiger charge is -2.50. The molecule has 3 aliphatic carbocycles. The van der Waals surface area contributed by atoms with Crippen molar-refractivity contribution in [1.29, 1.82) is 0 Å². The highest BCUT2D eigenvalue weighted by Crippen LogP contribution is 2.61. The average Bonchev–Trinajstić information content (AvgIpc) is 3.82. The van der Waals surface area contributed by atoms with Gasteiger partial charge in [0.25, 0.3) is 0 Å². The molecule has 8 rings (SSSR count). The summed E-state index contributed by atoms with van der Waals surface area (Å²) in [5.41, 5.74) is 6.60. The number of benzene rings is 3. The number of fused-ring (bicyclic) bond motifs is 6. The summed E-state index contributed by atoms with van der Waals surface area (Å²) < 4.78 is 17.3. The lowest BCUT2D eigenvalue weighted by atomic mass is 9.55. The molecule has 0 saturated heterocycles. The van der Waals surface area contributed by atoms with Crippen LogP contribution in [0.1, 0.15) is 104 Å². The largest absolute Gasteiger partial charge is 0.504 e. The minimum absolute atomic E-state index is 0.0139. The number of aromatic hydroxyl groups is 2. The number of H-pyrrole nitrogens is 1. The Morgan fingerprint density at radius 3 is 2.53 bits per heavy atom. The standard InChI is InChI=1S/C49H55NO9/c1-57-45-28-40-38-26-33(53)25-34(14-12-30-13-15-43(54)46(22-30)58-21-20-52)59-47(56)11-5-3-9-36-35-8-2-4-10-42(35)50-48(36)41(39(40)27-44(45)55)23-31-29-49(17-6-7-18-49)32(16-19-51)24-37(31)38/h2,4,8,10,13,15,22-23,27-28,31-32,34,37-38,50-52,54-55H,6-7,9,11-12,14,16-21,24-26,29H2,1H3/t31-,32-,34+,37+,38-/m0/s1. The number of allylic oxidation sites excluding steroid dienone is 1. The molecule has 310 valence electrons. The molecule has 0 radical (unpaired) electrons. The number of hydrogen-bond acceptors (Lipinski definition) is 9. The van der Waals surface area contributed by atoms with Gasteiger partial charge in [-0.05, 0) is 127 Å². The molecule has 0 amide bonds. The number of Topliss-reactive ketones (excluding diaryl/α,β-unsaturated/α-hetero) is 1. The fourth-order valence-corrected chi connectivity index (χ4v) is 11.0. The maximum Gasteiger partial charge on any atom is 0.318 e. The number of aromatic amines is 1. The van der Waals surface area contributed by atoms with Gasteiger partial charge in [0.2, 0.25) is 0 Å². The summed E-state index contributed by atoms with van der Waals surface area (Å²) in [4.78, 5) is 31.8. The van der Waals surface area contributed by atoms with Crippen molar-refractivity contribution in [3.8, 4) is 34.8 Å². The molecule has 59 heavy (non-hydrogen) atoms. The number of carbonyl (C=O) groups excluding carboxylic acids is 2. The molecule has 1 aromatic heterocycles. The molecule has 2 bridgehead atoms. The molecular formula is C49H55NO9. The van der Waals surface area contributed by atoms with Crippen LogP contribution in [0.3, 0.4) is 0 Å². The molecule has 1 aliphatic heterocycles. The number of cyclic esters (lactones) is 1. The topological polar surface area (TPSA) is 159 Å². The zero-order valence-electron chi connectivity index (χ0n) is 33.8. The van der Waals surface area contributed by atoms with Crippen molar-refractivity contribution >= 4 is 28.2 Å². The van der Waals surface area contributed by atoms with E-state index in [2.05, 4.69) is 35.0 Å². The van der Waals surface area contributed by atoms with Gasteiger partial charge in [-0.1, -0.05) is 55.0 Å². The molecule has 4 aliphatic rings. The van der Waals surface area contributed by atoms with Gasteiger partial charge in [0.15, 0.2) is 23.0 Å². The first kappa shape index (κ1) is 40.5. The number of esters is 1. The third kappa shape index (κ3) is 8.33. The second-order valence-electron chi connectivity index (χ2n) is 17.0. The van der Waals surface area contributed by atoms with Crippen molar-refractivity contribution in [2.45, 2.75) is 95.5 Å². The SMILES string of the molecule is COc1cc2c(cc1O)C1=C[C@H]3CC4(CCCC4)[C@@H](CCO)C[C@H]3[C@@H]2CC(=O)C[C@@H](CCc2ccc(O)c(OCCO)c2)OC(=O)CC#CCc2c1[nH]c1ccccc21. The van der Waals surface area contributed by atoms with E-state index in [0.29, 0.717) is 30.9 Å². The van der Waals surface area contributed by atoms with Crippen molar-refractivity contribution in [3.63, 3.8) is 0 Å². The van der Waals surface area contributed by atoms with E-state index < -0.39 is 12.1 Å². The van der Waals surface area contributed by atoms with E-state index in [4.69, 9.17) is 14.2 Å². The number of para-hydroxylation sites is 1. The lowest BCUT2D eigenvalue weighted by Crippen LogP contribution is -2.41. The molecule has 0 unspecified atom stereocenters. The summed E-state index contributed by atoms with van der Waals surface area (Å²) in [5.74, 6) is 6.62. The molecule has 2 fully saturated rings. The number of phenolic OH excluding ortho intramolecular Hbond substituents is 2. The Hall–Kier alpha value is -5.24. The Labute approximate surface area is 345 Å². The average molecular weight is 802 g/mol. The predicted octanol–water partition coefficient (Wildman–Crippen LogP) is 7.92. The summed E-state index contributed by atoms with van der Waals surface area (Å²) >= 11 is 0. The highest BCUT2D eigenvalue weighted by Gasteiger charge is 2.51. The van der Waals surface area contributed by atoms with Gasteiger partial charge in [-0.2, -0.15) is 0 Å². The van der Waals surface area contributed by atoms with Gasteiger partial charge in [-0.15, -0.1) is 0 Å². The molecule has 2 heterocycles. The summed E-state index contributed by atoms with van der Waals surface area (Å²) in [7, 11) is 1.54. The van der Waals surface area contributed by atoms with Crippen molar-refractivity contribution in [3.05, 3.63) is 88.6 Å². The minimum Gasteiger partial charge on any atom is -0.504 e. The van der Waals surface area contributed by atoms with E-state index in [-0.39, 0.29) is 85.3 Å². The normalized spacial score (nSPS) is 24.0. The van der Waals surface area contributed by atoms with Crippen LogP contribution in [-0.4, -0.2) is 70.2 Å². The number of phenols is 2. The first-order valence-electron chi connectivity index (χ1n) is 21.3. The van der Waals surface area contributed by atoms with Gasteiger partial charge in [-0.25, -0.2) is 0 Å². The number of ketones is 1. The Morgan fingerprint density at radius 2 is 1.73 bits per heavy atom. The highest BCUT2D eigenvalue weighted by molar-refractivity contribution is 5.94. The zero-order valence-corrected chi connectivity index (χ0v) is 33.8. The molecule has 3 aromatic carbocycles. The molecule has 4 aromatic rings. The van der Waals surface area contributed by atoms with Crippen LogP contribution in [0.25, 0.3) is 16.5 Å². The van der Waals surface area contributed by atoms with Gasteiger partial charge in [-0.3, -0.25) is 9.59 Å². The number of aliphatic hydroxyl groups excluding tert-OH is 2. The predicted molar refractivity (Wildman–Crippen MR) is 224 cm³/mol. The van der Waals surface area contributed by atoms with E-state index in [1.807, 2.05) is 18.2 Å². The number of methoxy groups -OCH3 is 1. The van der Waals surface area contributed by atoms with E-state index in [9.17, 15) is 30.0 Å². The van der Waals surface area contributed by atoms with Crippen LogP contribution in [0.2, 0.25) is 0 Å². The van der Waals surface area contributed by atoms with E-state index in [1.54, 1.807) is 25.3 Å². The van der Waals surface area contributed by atoms with E-state index in [1.165, 1.54) is 18.9 Å². The number of nitrogens with one attached hydrogen (secondary N) is 1. The number of hydrogen-bond donors (Lipinski definition) is 5. The number of carbonyl (C=O) groups is 2. The molecule has 5 N–H and O–H groups in total. The van der Waals surface area contributed by atoms with Gasteiger partial charge < -0.3 is 39.6 Å². The van der Waals surface area contributed by atoms with Crippen LogP contribution >= 0.6 is 0 Å². The van der Waals surface area contributed by atoms with Gasteiger partial charge in [0.05, 0.1) is 19.4 Å². The van der Waals surface area contributed by atoms with E-state index in [0.717, 1.165) is 76.5 Å². The summed E-state index contributed by atoms with van der Waals surface area (Å²) in [6.07, 6.45) is 10.1. The van der Waals surface area contributed by atoms with Crippen LogP contribution in [0.4, 0.5) is 0 Å². The first-order valence-corrected chi connectivity index (χ1v) is 21.3. The molecule has 1 spiro atoms. The smallest absolute Gasteiger partial charge is 0.318 e.